The van der Waals surface area contributed by atoms with Crippen LogP contribution in [0.4, 0.5) is 5.00 Å². The predicted octanol–water partition coefficient (Wildman–Crippen LogP) is 5.12. The van der Waals surface area contributed by atoms with E-state index in [1.54, 1.807) is 12.1 Å². The first kappa shape index (κ1) is 18.0. The fourth-order valence-electron chi connectivity index (χ4n) is 3.44. The summed E-state index contributed by atoms with van der Waals surface area (Å²) in [4.78, 5) is 13.9. The number of carbonyl (C=O) groups excluding carboxylic acids is 1. The number of nitriles is 1. The molecule has 2 N–H and O–H groups in total. The Morgan fingerprint density at radius 1 is 1.25 bits per heavy atom. The molecule has 0 fully saturated rings. The summed E-state index contributed by atoms with van der Waals surface area (Å²) in [6.07, 6.45) is 0.724. The fraction of sp³-hybridized carbons (Fsp3) is 0.136. The summed E-state index contributed by atoms with van der Waals surface area (Å²) < 4.78 is 5.61. The summed E-state index contributed by atoms with van der Waals surface area (Å²) in [5, 5.41) is 23.7. The van der Waals surface area contributed by atoms with Crippen LogP contribution in [0.25, 0.3) is 21.7 Å². The van der Waals surface area contributed by atoms with Crippen molar-refractivity contribution in [3.05, 3.63) is 69.6 Å². The Kier molecular flexibility index (Phi) is 4.46. The lowest BCUT2D eigenvalue weighted by molar-refractivity contribution is 0.102. The van der Waals surface area contributed by atoms with Crippen molar-refractivity contribution in [3.63, 3.8) is 0 Å². The van der Waals surface area contributed by atoms with Gasteiger partial charge in [-0.1, -0.05) is 37.3 Å². The van der Waals surface area contributed by atoms with E-state index in [-0.39, 0.29) is 11.1 Å². The van der Waals surface area contributed by atoms with E-state index in [0.29, 0.717) is 16.1 Å². The molecule has 0 aliphatic carbocycles. The van der Waals surface area contributed by atoms with Gasteiger partial charge in [0.15, 0.2) is 0 Å². The van der Waals surface area contributed by atoms with E-state index in [4.69, 9.17) is 9.83 Å². The van der Waals surface area contributed by atoms with Gasteiger partial charge in [-0.05, 0) is 41.8 Å². The Bertz CT molecular complexity index is 1340. The monoisotopic (exact) mass is 387 g/mol. The molecule has 5 nitrogen and oxygen atoms in total. The summed E-state index contributed by atoms with van der Waals surface area (Å²) in [6, 6.07) is 15.4. The minimum Gasteiger partial charge on any atom is -0.438 e. The molecule has 138 valence electrons. The topological polar surface area (TPSA) is 89.9 Å². The van der Waals surface area contributed by atoms with E-state index in [9.17, 15) is 10.1 Å². The first-order valence-electron chi connectivity index (χ1n) is 8.87. The summed E-state index contributed by atoms with van der Waals surface area (Å²) in [6.45, 7) is 3.92. The zero-order chi connectivity index (χ0) is 19.8. The molecule has 1 amide bonds. The molecule has 0 radical (unpaired) electrons. The summed E-state index contributed by atoms with van der Waals surface area (Å²) in [5.41, 5.74) is 1.92. The number of amides is 1. The largest absolute Gasteiger partial charge is 0.438 e. The maximum Gasteiger partial charge on any atom is 0.261 e. The van der Waals surface area contributed by atoms with E-state index < -0.39 is 5.91 Å². The van der Waals surface area contributed by atoms with Gasteiger partial charge in [-0.2, -0.15) is 5.26 Å². The third kappa shape index (κ3) is 2.86. The molecule has 0 saturated carbocycles. The molecule has 0 saturated heterocycles. The molecule has 0 aliphatic heterocycles. The lowest BCUT2D eigenvalue weighted by atomic mass is 10.0. The number of hydrogen-bond donors (Lipinski definition) is 2. The van der Waals surface area contributed by atoms with Crippen molar-refractivity contribution in [3.8, 4) is 6.07 Å². The molecular formula is C22H17N3O2S. The normalized spacial score (nSPS) is 10.9. The lowest BCUT2D eigenvalue weighted by Gasteiger charge is -2.07. The SMILES string of the molecule is CCc1c(C)sc(NC(=O)c2cc3c(ccc4ccccc43)oc2=N)c1C#N. The Morgan fingerprint density at radius 3 is 2.79 bits per heavy atom. The Hall–Kier alpha value is -3.43. The zero-order valence-electron chi connectivity index (χ0n) is 15.4. The van der Waals surface area contributed by atoms with Gasteiger partial charge in [0.25, 0.3) is 5.91 Å². The van der Waals surface area contributed by atoms with Crippen LogP contribution in [0.3, 0.4) is 0 Å². The number of anilines is 1. The van der Waals surface area contributed by atoms with Crippen LogP contribution in [-0.2, 0) is 6.42 Å². The molecule has 4 aromatic rings. The van der Waals surface area contributed by atoms with Gasteiger partial charge >= 0.3 is 0 Å². The highest BCUT2D eigenvalue weighted by molar-refractivity contribution is 7.16. The highest BCUT2D eigenvalue weighted by Crippen LogP contribution is 2.33. The standard InChI is InChI=1S/C22H17N3O2S/c1-3-14-12(2)28-22(18(14)11-23)25-21(26)17-10-16-15-7-5-4-6-13(15)8-9-19(16)27-20(17)24/h4-10,24H,3H2,1-2H3,(H,25,26). The van der Waals surface area contributed by atoms with Crippen LogP contribution >= 0.6 is 11.3 Å². The molecule has 6 heteroatoms. The first-order chi connectivity index (χ1) is 13.5. The van der Waals surface area contributed by atoms with Crippen molar-refractivity contribution in [1.29, 1.82) is 10.7 Å². The quantitative estimate of drug-likeness (QED) is 0.478. The van der Waals surface area contributed by atoms with Crippen molar-refractivity contribution < 1.29 is 9.21 Å². The van der Waals surface area contributed by atoms with Gasteiger partial charge in [0, 0.05) is 10.3 Å². The third-order valence-electron chi connectivity index (χ3n) is 4.82. The maximum atomic E-state index is 12.9. The average Bonchev–Trinajstić information content (AvgIpc) is 3.00. The minimum absolute atomic E-state index is 0.136. The number of hydrogen-bond acceptors (Lipinski definition) is 5. The van der Waals surface area contributed by atoms with E-state index in [0.717, 1.165) is 33.0 Å². The van der Waals surface area contributed by atoms with Gasteiger partial charge in [0.05, 0.1) is 5.56 Å². The average molecular weight is 387 g/mol. The van der Waals surface area contributed by atoms with Gasteiger partial charge in [-0.25, -0.2) is 0 Å². The summed E-state index contributed by atoms with van der Waals surface area (Å²) in [7, 11) is 0. The van der Waals surface area contributed by atoms with Gasteiger partial charge < -0.3 is 9.73 Å². The van der Waals surface area contributed by atoms with Crippen molar-refractivity contribution in [2.45, 2.75) is 20.3 Å². The zero-order valence-corrected chi connectivity index (χ0v) is 16.2. The van der Waals surface area contributed by atoms with Crippen LogP contribution in [0, 0.1) is 23.7 Å². The van der Waals surface area contributed by atoms with Crippen molar-refractivity contribution >= 4 is 44.0 Å². The molecule has 0 atom stereocenters. The summed E-state index contributed by atoms with van der Waals surface area (Å²) >= 11 is 1.38. The molecule has 28 heavy (non-hydrogen) atoms. The molecule has 2 aromatic heterocycles. The van der Waals surface area contributed by atoms with E-state index in [1.807, 2.05) is 44.2 Å². The van der Waals surface area contributed by atoms with Crippen LogP contribution in [0.1, 0.15) is 33.3 Å². The van der Waals surface area contributed by atoms with Gasteiger partial charge in [-0.3, -0.25) is 10.2 Å². The lowest BCUT2D eigenvalue weighted by Crippen LogP contribution is -2.20. The molecule has 2 aromatic carbocycles. The van der Waals surface area contributed by atoms with Gasteiger partial charge in [0.2, 0.25) is 5.55 Å². The second-order valence-corrected chi connectivity index (χ2v) is 7.67. The second-order valence-electron chi connectivity index (χ2n) is 6.45. The molecule has 2 heterocycles. The van der Waals surface area contributed by atoms with E-state index in [1.165, 1.54) is 11.3 Å². The number of thiophene rings is 1. The number of fused-ring (bicyclic) bond motifs is 3. The molecule has 4 rings (SSSR count). The fourth-order valence-corrected chi connectivity index (χ4v) is 4.53. The highest BCUT2D eigenvalue weighted by Gasteiger charge is 2.19. The van der Waals surface area contributed by atoms with Gasteiger partial charge in [-0.15, -0.1) is 11.3 Å². The van der Waals surface area contributed by atoms with Crippen LogP contribution in [0.2, 0.25) is 0 Å². The summed E-state index contributed by atoms with van der Waals surface area (Å²) in [5.74, 6) is -0.455. The third-order valence-corrected chi connectivity index (χ3v) is 5.88. The molecular weight excluding hydrogens is 370 g/mol. The minimum atomic E-state index is -0.455. The Balaban J connectivity index is 1.82. The molecule has 0 bridgehead atoms. The second kappa shape index (κ2) is 6.95. The van der Waals surface area contributed by atoms with Gasteiger partial charge in [0.1, 0.15) is 22.2 Å². The maximum absolute atomic E-state index is 12.9. The first-order valence-corrected chi connectivity index (χ1v) is 9.69. The molecule has 0 spiro atoms. The number of nitrogens with zero attached hydrogens (tertiary/aromatic N) is 1. The van der Waals surface area contributed by atoms with Crippen LogP contribution in [0.15, 0.2) is 46.9 Å². The Labute approximate surface area is 165 Å². The number of carbonyl (C=O) groups is 1. The number of aryl methyl sites for hydroxylation is 1. The van der Waals surface area contributed by atoms with Crippen molar-refractivity contribution in [2.24, 2.45) is 0 Å². The van der Waals surface area contributed by atoms with Crippen LogP contribution in [0.5, 0.6) is 0 Å². The Morgan fingerprint density at radius 2 is 2.04 bits per heavy atom. The molecule has 0 unspecified atom stereocenters. The number of benzene rings is 2. The van der Waals surface area contributed by atoms with E-state index in [2.05, 4.69) is 11.4 Å². The molecule has 0 aliphatic rings. The highest BCUT2D eigenvalue weighted by atomic mass is 32.1. The van der Waals surface area contributed by atoms with Crippen LogP contribution < -0.4 is 10.9 Å². The van der Waals surface area contributed by atoms with Crippen molar-refractivity contribution in [2.75, 3.05) is 5.32 Å². The smallest absolute Gasteiger partial charge is 0.261 e. The van der Waals surface area contributed by atoms with Crippen molar-refractivity contribution in [1.82, 2.24) is 0 Å². The van der Waals surface area contributed by atoms with E-state index >= 15 is 0 Å². The number of nitrogens with one attached hydrogen (secondary N) is 2. The number of rotatable bonds is 3. The van der Waals surface area contributed by atoms with Crippen LogP contribution in [-0.4, -0.2) is 5.91 Å². The predicted molar refractivity (Wildman–Crippen MR) is 111 cm³/mol.